The Balaban J connectivity index is 1.57. The highest BCUT2D eigenvalue weighted by molar-refractivity contribution is 7.20. The molecule has 7 heteroatoms. The maximum absolute atomic E-state index is 11.8. The first-order chi connectivity index (χ1) is 11.2. The average Bonchev–Trinajstić information content (AvgIpc) is 2.99. The van der Waals surface area contributed by atoms with Crippen molar-refractivity contribution in [2.24, 2.45) is 5.41 Å². The van der Waals surface area contributed by atoms with Crippen molar-refractivity contribution >= 4 is 21.4 Å². The molecule has 0 bridgehead atoms. The van der Waals surface area contributed by atoms with Crippen molar-refractivity contribution in [1.82, 2.24) is 14.6 Å². The maximum Gasteiger partial charge on any atom is 0.275 e. The summed E-state index contributed by atoms with van der Waals surface area (Å²) in [5, 5.41) is 8.75. The third kappa shape index (κ3) is 2.46. The summed E-state index contributed by atoms with van der Waals surface area (Å²) in [4.78, 5) is 16.7. The molecule has 4 rings (SSSR count). The Morgan fingerprint density at radius 2 is 2.26 bits per heavy atom. The second kappa shape index (κ2) is 5.87. The number of anilines is 1. The van der Waals surface area contributed by atoms with Gasteiger partial charge in [-0.2, -0.15) is 4.52 Å². The number of ether oxygens (including phenoxy) is 1. The lowest BCUT2D eigenvalue weighted by Crippen LogP contribution is -2.62. The molecule has 2 aromatic heterocycles. The van der Waals surface area contributed by atoms with Gasteiger partial charge < -0.3 is 10.1 Å². The van der Waals surface area contributed by atoms with E-state index < -0.39 is 0 Å². The van der Waals surface area contributed by atoms with Crippen LogP contribution in [0.5, 0.6) is 0 Å². The fourth-order valence-electron chi connectivity index (χ4n) is 4.22. The number of rotatable bonds is 4. The van der Waals surface area contributed by atoms with Crippen molar-refractivity contribution in [2.45, 2.75) is 57.6 Å². The fraction of sp³-hybridized carbons (Fsp3) is 0.688. The molecule has 124 valence electrons. The number of hydrogen-bond acceptors (Lipinski definition) is 6. The Hall–Kier alpha value is -1.47. The Morgan fingerprint density at radius 3 is 3.00 bits per heavy atom. The standard InChI is InChI=1S/C16H22N4O2S/c1-2-22-12-10-11(16(12)7-4-3-5-8-16)18-14-19-20-13(21)6-9-17-15(20)23-14/h6,9,11-12H,2-5,7-8,10H2,1H3,(H,18,19). The highest BCUT2D eigenvalue weighted by atomic mass is 32.1. The summed E-state index contributed by atoms with van der Waals surface area (Å²) in [5.41, 5.74) is 0.109. The SMILES string of the molecule is CCOC1CC(Nc2nn3c(=O)ccnc3s2)C12CCCCC2. The third-order valence-corrected chi connectivity index (χ3v) is 6.26. The summed E-state index contributed by atoms with van der Waals surface area (Å²) in [6.07, 6.45) is 9.25. The molecular weight excluding hydrogens is 312 g/mol. The van der Waals surface area contributed by atoms with Crippen LogP contribution in [0.3, 0.4) is 0 Å². The van der Waals surface area contributed by atoms with Gasteiger partial charge in [0.2, 0.25) is 10.1 Å². The van der Waals surface area contributed by atoms with E-state index in [-0.39, 0.29) is 11.0 Å². The number of aromatic nitrogens is 3. The number of nitrogens with zero attached hydrogens (tertiary/aromatic N) is 3. The van der Waals surface area contributed by atoms with Crippen LogP contribution in [0.15, 0.2) is 17.1 Å². The van der Waals surface area contributed by atoms with Gasteiger partial charge in [0.25, 0.3) is 5.56 Å². The molecule has 2 fully saturated rings. The molecule has 0 aromatic carbocycles. The highest BCUT2D eigenvalue weighted by Gasteiger charge is 2.55. The zero-order valence-corrected chi connectivity index (χ0v) is 14.1. The molecule has 2 aliphatic rings. The van der Waals surface area contributed by atoms with Gasteiger partial charge in [-0.1, -0.05) is 30.6 Å². The maximum atomic E-state index is 11.8. The van der Waals surface area contributed by atoms with Gasteiger partial charge >= 0.3 is 0 Å². The number of hydrogen-bond donors (Lipinski definition) is 1. The first-order valence-corrected chi connectivity index (χ1v) is 9.27. The van der Waals surface area contributed by atoms with Crippen molar-refractivity contribution in [1.29, 1.82) is 0 Å². The van der Waals surface area contributed by atoms with Crippen molar-refractivity contribution < 1.29 is 4.74 Å². The number of fused-ring (bicyclic) bond motifs is 1. The summed E-state index contributed by atoms with van der Waals surface area (Å²) in [6, 6.07) is 1.82. The minimum atomic E-state index is -0.132. The Morgan fingerprint density at radius 1 is 1.43 bits per heavy atom. The summed E-state index contributed by atoms with van der Waals surface area (Å²) < 4.78 is 7.37. The summed E-state index contributed by atoms with van der Waals surface area (Å²) in [7, 11) is 0. The Labute approximate surface area is 138 Å². The van der Waals surface area contributed by atoms with Crippen molar-refractivity contribution in [2.75, 3.05) is 11.9 Å². The molecule has 6 nitrogen and oxygen atoms in total. The van der Waals surface area contributed by atoms with E-state index >= 15 is 0 Å². The predicted molar refractivity (Wildman–Crippen MR) is 90.1 cm³/mol. The molecule has 0 aliphatic heterocycles. The molecule has 2 heterocycles. The monoisotopic (exact) mass is 334 g/mol. The Kier molecular flexibility index (Phi) is 3.85. The van der Waals surface area contributed by atoms with Gasteiger partial charge in [0, 0.05) is 30.3 Å². The second-order valence-corrected chi connectivity index (χ2v) is 7.51. The van der Waals surface area contributed by atoms with Crippen LogP contribution in [0, 0.1) is 5.41 Å². The summed E-state index contributed by atoms with van der Waals surface area (Å²) in [5.74, 6) is 0. The first kappa shape index (κ1) is 15.1. The molecule has 2 saturated carbocycles. The van der Waals surface area contributed by atoms with E-state index in [9.17, 15) is 4.79 Å². The largest absolute Gasteiger partial charge is 0.378 e. The van der Waals surface area contributed by atoms with Crippen LogP contribution in [-0.4, -0.2) is 33.4 Å². The lowest BCUT2D eigenvalue weighted by molar-refractivity contribution is -0.134. The average molecular weight is 334 g/mol. The fourth-order valence-corrected chi connectivity index (χ4v) is 5.04. The number of nitrogens with one attached hydrogen (secondary N) is 1. The van der Waals surface area contributed by atoms with Gasteiger partial charge in [-0.15, -0.1) is 5.10 Å². The van der Waals surface area contributed by atoms with Crippen LogP contribution in [0.25, 0.3) is 4.96 Å². The normalized spacial score (nSPS) is 26.3. The zero-order valence-electron chi connectivity index (χ0n) is 13.3. The lowest BCUT2D eigenvalue weighted by atomic mass is 9.55. The van der Waals surface area contributed by atoms with E-state index in [0.717, 1.165) is 18.2 Å². The van der Waals surface area contributed by atoms with E-state index in [2.05, 4.69) is 22.3 Å². The summed E-state index contributed by atoms with van der Waals surface area (Å²) in [6.45, 7) is 2.85. The van der Waals surface area contributed by atoms with Gasteiger partial charge in [-0.05, 0) is 26.2 Å². The minimum absolute atomic E-state index is 0.132. The van der Waals surface area contributed by atoms with Crippen LogP contribution in [0.4, 0.5) is 5.13 Å². The molecule has 23 heavy (non-hydrogen) atoms. The Bertz CT molecular complexity index is 750. The van der Waals surface area contributed by atoms with Gasteiger partial charge in [-0.3, -0.25) is 4.79 Å². The van der Waals surface area contributed by atoms with Crippen LogP contribution in [0.1, 0.15) is 45.4 Å². The molecule has 0 amide bonds. The van der Waals surface area contributed by atoms with Gasteiger partial charge in [0.1, 0.15) is 0 Å². The quantitative estimate of drug-likeness (QED) is 0.931. The molecule has 1 N–H and O–H groups in total. The molecule has 0 saturated heterocycles. The van der Waals surface area contributed by atoms with Gasteiger partial charge in [0.15, 0.2) is 0 Å². The minimum Gasteiger partial charge on any atom is -0.378 e. The van der Waals surface area contributed by atoms with Crippen LogP contribution >= 0.6 is 11.3 Å². The third-order valence-electron chi connectivity index (χ3n) is 5.41. The zero-order chi connectivity index (χ0) is 15.9. The lowest BCUT2D eigenvalue weighted by Gasteiger charge is -2.57. The van der Waals surface area contributed by atoms with Crippen molar-refractivity contribution in [3.8, 4) is 0 Å². The molecular formula is C16H22N4O2S. The van der Waals surface area contributed by atoms with Crippen LogP contribution < -0.4 is 10.9 Å². The van der Waals surface area contributed by atoms with Crippen LogP contribution in [-0.2, 0) is 4.74 Å². The van der Waals surface area contributed by atoms with Crippen molar-refractivity contribution in [3.63, 3.8) is 0 Å². The van der Waals surface area contributed by atoms with E-state index in [1.807, 2.05) is 0 Å². The highest BCUT2D eigenvalue weighted by Crippen LogP contribution is 2.54. The molecule has 2 aliphatic carbocycles. The smallest absolute Gasteiger partial charge is 0.275 e. The van der Waals surface area contributed by atoms with Gasteiger partial charge in [-0.25, -0.2) is 4.98 Å². The van der Waals surface area contributed by atoms with Gasteiger partial charge in [0.05, 0.1) is 6.10 Å². The molecule has 2 aromatic rings. The van der Waals surface area contributed by atoms with E-state index in [4.69, 9.17) is 4.74 Å². The van der Waals surface area contributed by atoms with E-state index in [1.54, 1.807) is 0 Å². The summed E-state index contributed by atoms with van der Waals surface area (Å²) >= 11 is 1.44. The topological polar surface area (TPSA) is 68.5 Å². The molecule has 0 radical (unpaired) electrons. The predicted octanol–water partition coefficient (Wildman–Crippen LogP) is 2.69. The first-order valence-electron chi connectivity index (χ1n) is 8.46. The van der Waals surface area contributed by atoms with Crippen molar-refractivity contribution in [3.05, 3.63) is 22.6 Å². The molecule has 1 spiro atoms. The molecule has 2 unspecified atom stereocenters. The van der Waals surface area contributed by atoms with E-state index in [0.29, 0.717) is 17.1 Å². The van der Waals surface area contributed by atoms with Crippen LogP contribution in [0.2, 0.25) is 0 Å². The second-order valence-electron chi connectivity index (χ2n) is 6.56. The molecule has 2 atom stereocenters. The van der Waals surface area contributed by atoms with E-state index in [1.165, 1.54) is 60.2 Å².